The third kappa shape index (κ3) is 1.37. The van der Waals surface area contributed by atoms with E-state index in [0.29, 0.717) is 0 Å². The molecule has 3 rings (SSSR count). The molecular weight excluding hydrogens is 172 g/mol. The largest absolute Gasteiger partial charge is 0.158 e. The SMILES string of the molecule is c1ccc2c(CC3CC3)nncc2c1. The molecule has 0 atom stereocenters. The maximum absolute atomic E-state index is 4.24. The molecule has 0 aliphatic heterocycles. The average Bonchev–Trinajstić information content (AvgIpc) is 3.03. The molecule has 70 valence electrons. The molecule has 1 aromatic heterocycles. The first kappa shape index (κ1) is 7.92. The van der Waals surface area contributed by atoms with Crippen LogP contribution in [-0.4, -0.2) is 10.2 Å². The van der Waals surface area contributed by atoms with E-state index in [1.165, 1.54) is 29.3 Å². The second kappa shape index (κ2) is 3.05. The summed E-state index contributed by atoms with van der Waals surface area (Å²) in [5.74, 6) is 0.870. The van der Waals surface area contributed by atoms with Gasteiger partial charge < -0.3 is 0 Å². The first-order chi connectivity index (χ1) is 6.93. The molecule has 1 fully saturated rings. The number of hydrogen-bond acceptors (Lipinski definition) is 2. The summed E-state index contributed by atoms with van der Waals surface area (Å²) < 4.78 is 0. The van der Waals surface area contributed by atoms with Gasteiger partial charge in [0.1, 0.15) is 0 Å². The van der Waals surface area contributed by atoms with Crippen molar-refractivity contribution in [2.75, 3.05) is 0 Å². The van der Waals surface area contributed by atoms with Crippen LogP contribution in [0, 0.1) is 5.92 Å². The van der Waals surface area contributed by atoms with E-state index >= 15 is 0 Å². The van der Waals surface area contributed by atoms with Gasteiger partial charge in [-0.3, -0.25) is 0 Å². The van der Waals surface area contributed by atoms with Crippen molar-refractivity contribution < 1.29 is 0 Å². The molecule has 0 radical (unpaired) electrons. The summed E-state index contributed by atoms with van der Waals surface area (Å²) in [5, 5.41) is 10.8. The first-order valence-corrected chi connectivity index (χ1v) is 5.13. The third-order valence-corrected chi connectivity index (χ3v) is 2.83. The fourth-order valence-corrected chi connectivity index (χ4v) is 1.83. The van der Waals surface area contributed by atoms with Crippen LogP contribution in [0.1, 0.15) is 18.5 Å². The highest BCUT2D eigenvalue weighted by atomic mass is 15.1. The summed E-state index contributed by atoms with van der Waals surface area (Å²) >= 11 is 0. The van der Waals surface area contributed by atoms with Crippen LogP contribution < -0.4 is 0 Å². The Morgan fingerprint density at radius 2 is 2.07 bits per heavy atom. The molecule has 0 saturated heterocycles. The molecule has 1 heterocycles. The summed E-state index contributed by atoms with van der Waals surface area (Å²) in [7, 11) is 0. The van der Waals surface area contributed by atoms with Gasteiger partial charge in [0.05, 0.1) is 11.9 Å². The molecule has 0 bridgehead atoms. The molecule has 1 aromatic carbocycles. The predicted octanol–water partition coefficient (Wildman–Crippen LogP) is 2.58. The van der Waals surface area contributed by atoms with Crippen molar-refractivity contribution in [2.45, 2.75) is 19.3 Å². The van der Waals surface area contributed by atoms with Gasteiger partial charge >= 0.3 is 0 Å². The Morgan fingerprint density at radius 1 is 1.21 bits per heavy atom. The van der Waals surface area contributed by atoms with E-state index in [0.717, 1.165) is 12.3 Å². The van der Waals surface area contributed by atoms with Gasteiger partial charge in [-0.1, -0.05) is 24.3 Å². The lowest BCUT2D eigenvalue weighted by Crippen LogP contribution is -1.95. The van der Waals surface area contributed by atoms with E-state index in [1.807, 2.05) is 12.3 Å². The molecule has 0 N–H and O–H groups in total. The zero-order valence-corrected chi connectivity index (χ0v) is 7.98. The minimum atomic E-state index is 0.870. The molecule has 1 aliphatic rings. The summed E-state index contributed by atoms with van der Waals surface area (Å²) in [5.41, 5.74) is 1.17. The first-order valence-electron chi connectivity index (χ1n) is 5.13. The molecule has 1 aliphatic carbocycles. The van der Waals surface area contributed by atoms with Gasteiger partial charge in [-0.25, -0.2) is 0 Å². The molecule has 2 nitrogen and oxygen atoms in total. The van der Waals surface area contributed by atoms with Crippen LogP contribution in [-0.2, 0) is 6.42 Å². The molecule has 0 unspecified atom stereocenters. The minimum Gasteiger partial charge on any atom is -0.158 e. The smallest absolute Gasteiger partial charge is 0.0712 e. The van der Waals surface area contributed by atoms with Crippen molar-refractivity contribution in [3.05, 3.63) is 36.2 Å². The Kier molecular flexibility index (Phi) is 1.72. The van der Waals surface area contributed by atoms with Crippen LogP contribution >= 0.6 is 0 Å². The normalized spacial score (nSPS) is 16.0. The third-order valence-electron chi connectivity index (χ3n) is 2.83. The number of benzene rings is 1. The van der Waals surface area contributed by atoms with Gasteiger partial charge in [0, 0.05) is 10.8 Å². The monoisotopic (exact) mass is 184 g/mol. The Labute approximate surface area is 83.0 Å². The van der Waals surface area contributed by atoms with Crippen LogP contribution in [0.4, 0.5) is 0 Å². The van der Waals surface area contributed by atoms with E-state index in [4.69, 9.17) is 0 Å². The summed E-state index contributed by atoms with van der Waals surface area (Å²) in [6, 6.07) is 8.35. The highest BCUT2D eigenvalue weighted by Crippen LogP contribution is 2.33. The zero-order chi connectivity index (χ0) is 9.38. The van der Waals surface area contributed by atoms with Crippen molar-refractivity contribution in [2.24, 2.45) is 5.92 Å². The van der Waals surface area contributed by atoms with E-state index in [2.05, 4.69) is 28.4 Å². The second-order valence-corrected chi connectivity index (χ2v) is 4.03. The maximum atomic E-state index is 4.24. The fourth-order valence-electron chi connectivity index (χ4n) is 1.83. The summed E-state index contributed by atoms with van der Waals surface area (Å²) in [6.07, 6.45) is 5.68. The van der Waals surface area contributed by atoms with Crippen LogP contribution in [0.3, 0.4) is 0 Å². The fraction of sp³-hybridized carbons (Fsp3) is 0.333. The number of aromatic nitrogens is 2. The van der Waals surface area contributed by atoms with Crippen molar-refractivity contribution in [1.82, 2.24) is 10.2 Å². The van der Waals surface area contributed by atoms with Crippen molar-refractivity contribution >= 4 is 10.8 Å². The number of hydrogen-bond donors (Lipinski definition) is 0. The van der Waals surface area contributed by atoms with Gasteiger partial charge in [-0.05, 0) is 25.2 Å². The second-order valence-electron chi connectivity index (χ2n) is 4.03. The van der Waals surface area contributed by atoms with Crippen LogP contribution in [0.15, 0.2) is 30.5 Å². The molecule has 14 heavy (non-hydrogen) atoms. The van der Waals surface area contributed by atoms with E-state index in [1.54, 1.807) is 0 Å². The van der Waals surface area contributed by atoms with E-state index in [9.17, 15) is 0 Å². The maximum Gasteiger partial charge on any atom is 0.0712 e. The van der Waals surface area contributed by atoms with Crippen molar-refractivity contribution in [3.63, 3.8) is 0 Å². The van der Waals surface area contributed by atoms with Gasteiger partial charge in [-0.2, -0.15) is 10.2 Å². The highest BCUT2D eigenvalue weighted by molar-refractivity contribution is 5.83. The van der Waals surface area contributed by atoms with Crippen LogP contribution in [0.2, 0.25) is 0 Å². The lowest BCUT2D eigenvalue weighted by Gasteiger charge is -2.02. The average molecular weight is 184 g/mol. The van der Waals surface area contributed by atoms with Gasteiger partial charge in [-0.15, -0.1) is 0 Å². The Balaban J connectivity index is 2.11. The standard InChI is InChI=1S/C12H12N2/c1-2-4-11-10(3-1)8-13-14-12(11)7-9-5-6-9/h1-4,8-9H,5-7H2. The van der Waals surface area contributed by atoms with Gasteiger partial charge in [0.15, 0.2) is 0 Å². The van der Waals surface area contributed by atoms with E-state index < -0.39 is 0 Å². The Hall–Kier alpha value is -1.44. The number of fused-ring (bicyclic) bond motifs is 1. The molecule has 0 amide bonds. The Bertz CT molecular complexity index is 455. The molecule has 1 saturated carbocycles. The molecule has 2 heteroatoms. The van der Waals surface area contributed by atoms with Gasteiger partial charge in [0.2, 0.25) is 0 Å². The van der Waals surface area contributed by atoms with Crippen molar-refractivity contribution in [3.8, 4) is 0 Å². The lowest BCUT2D eigenvalue weighted by molar-refractivity contribution is 0.788. The summed E-state index contributed by atoms with van der Waals surface area (Å²) in [6.45, 7) is 0. The lowest BCUT2D eigenvalue weighted by atomic mass is 10.1. The van der Waals surface area contributed by atoms with Crippen LogP contribution in [0.5, 0.6) is 0 Å². The molecule has 2 aromatic rings. The van der Waals surface area contributed by atoms with Crippen molar-refractivity contribution in [1.29, 1.82) is 0 Å². The number of nitrogens with zero attached hydrogens (tertiary/aromatic N) is 2. The van der Waals surface area contributed by atoms with E-state index in [-0.39, 0.29) is 0 Å². The zero-order valence-electron chi connectivity index (χ0n) is 7.98. The van der Waals surface area contributed by atoms with Gasteiger partial charge in [0.25, 0.3) is 0 Å². The number of rotatable bonds is 2. The highest BCUT2D eigenvalue weighted by Gasteiger charge is 2.23. The topological polar surface area (TPSA) is 25.8 Å². The molecular formula is C12H12N2. The summed E-state index contributed by atoms with van der Waals surface area (Å²) in [4.78, 5) is 0. The molecule has 0 spiro atoms. The quantitative estimate of drug-likeness (QED) is 0.717. The minimum absolute atomic E-state index is 0.870. The Morgan fingerprint density at radius 3 is 2.93 bits per heavy atom. The van der Waals surface area contributed by atoms with Crippen LogP contribution in [0.25, 0.3) is 10.8 Å². The predicted molar refractivity (Wildman–Crippen MR) is 56.0 cm³/mol.